The number of hydrogen-bond donors (Lipinski definition) is 0. The van der Waals surface area contributed by atoms with Crippen LogP contribution < -0.4 is 0 Å². The maximum Gasteiger partial charge on any atom is -0.00900 e. The Labute approximate surface area is 200 Å². The molecule has 0 aromatic rings. The van der Waals surface area contributed by atoms with E-state index in [2.05, 4.69) is 95.2 Å². The predicted octanol–water partition coefficient (Wildman–Crippen LogP) is 9.80. The van der Waals surface area contributed by atoms with Crippen molar-refractivity contribution in [3.63, 3.8) is 0 Å². The summed E-state index contributed by atoms with van der Waals surface area (Å²) in [6.07, 6.45) is 9.65. The summed E-state index contributed by atoms with van der Waals surface area (Å²) >= 11 is 0. The fourth-order valence-electron chi connectivity index (χ4n) is 7.46. The number of fused-ring (bicyclic) bond motifs is 3. The van der Waals surface area contributed by atoms with Gasteiger partial charge in [0, 0.05) is 0 Å². The van der Waals surface area contributed by atoms with Crippen LogP contribution in [0.2, 0.25) is 0 Å². The van der Waals surface area contributed by atoms with Gasteiger partial charge in [-0.25, -0.2) is 0 Å². The maximum absolute atomic E-state index is 2.66. The highest BCUT2D eigenvalue weighted by atomic mass is 14.6. The molecule has 2 saturated carbocycles. The van der Waals surface area contributed by atoms with Gasteiger partial charge in [0.15, 0.2) is 0 Å². The molecule has 4 aliphatic carbocycles. The first kappa shape index (κ1) is 25.6. The molecule has 0 radical (unpaired) electrons. The van der Waals surface area contributed by atoms with Gasteiger partial charge in [-0.05, 0) is 112 Å². The molecular weight excluding hydrogens is 384 g/mol. The van der Waals surface area contributed by atoms with Crippen LogP contribution in [0.5, 0.6) is 0 Å². The second-order valence-electron chi connectivity index (χ2n) is 13.6. The van der Waals surface area contributed by atoms with Gasteiger partial charge in [0.2, 0.25) is 0 Å². The quantitative estimate of drug-likeness (QED) is 0.404. The van der Waals surface area contributed by atoms with E-state index in [1.54, 1.807) is 22.3 Å². The fraction of sp³-hybridized carbons (Fsp3) is 0.750. The standard InChI is InChI=1S/C27H40.C5H12/c1-14-9-10-15(2)22(14)13-25-26-20(7)18(5)16(3)11-23(26)24-12-17(4)19(6)21(8)27(24)25;1-5(2,3)4/h11-12,14-15,22-27H,9-10,13H2,1-8H3;1-4H3. The predicted molar refractivity (Wildman–Crippen MR) is 143 cm³/mol. The van der Waals surface area contributed by atoms with E-state index in [1.165, 1.54) is 30.4 Å². The van der Waals surface area contributed by atoms with E-state index >= 15 is 0 Å². The van der Waals surface area contributed by atoms with E-state index in [9.17, 15) is 0 Å². The number of hydrogen-bond acceptors (Lipinski definition) is 0. The Morgan fingerprint density at radius 1 is 0.656 bits per heavy atom. The van der Waals surface area contributed by atoms with Gasteiger partial charge in [-0.1, -0.05) is 88.8 Å². The second-order valence-corrected chi connectivity index (χ2v) is 13.6. The molecule has 2 fully saturated rings. The summed E-state index contributed by atoms with van der Waals surface area (Å²) in [5.74, 6) is 6.52. The first-order valence-corrected chi connectivity index (χ1v) is 13.4. The van der Waals surface area contributed by atoms with Gasteiger partial charge >= 0.3 is 0 Å². The molecule has 0 saturated heterocycles. The molecule has 4 aliphatic rings. The number of rotatable bonds is 2. The molecule has 0 aromatic heterocycles. The summed E-state index contributed by atoms with van der Waals surface area (Å²) in [6, 6.07) is 0. The van der Waals surface area contributed by atoms with Crippen molar-refractivity contribution in [2.75, 3.05) is 0 Å². The van der Waals surface area contributed by atoms with Gasteiger partial charge < -0.3 is 0 Å². The zero-order valence-corrected chi connectivity index (χ0v) is 23.4. The molecule has 32 heavy (non-hydrogen) atoms. The van der Waals surface area contributed by atoms with Crippen molar-refractivity contribution in [2.45, 2.75) is 102 Å². The zero-order chi connectivity index (χ0) is 24.1. The van der Waals surface area contributed by atoms with Crippen molar-refractivity contribution in [3.8, 4) is 0 Å². The van der Waals surface area contributed by atoms with Crippen LogP contribution in [0, 0.1) is 52.8 Å². The van der Waals surface area contributed by atoms with E-state index in [4.69, 9.17) is 0 Å². The van der Waals surface area contributed by atoms with Gasteiger partial charge in [-0.3, -0.25) is 0 Å². The Bertz CT molecular complexity index is 768. The maximum atomic E-state index is 2.66. The molecule has 180 valence electrons. The molecule has 6 atom stereocenters. The van der Waals surface area contributed by atoms with Gasteiger partial charge in [0.05, 0.1) is 0 Å². The molecule has 0 heterocycles. The normalized spacial score (nSPS) is 39.2. The average molecular weight is 437 g/mol. The summed E-state index contributed by atoms with van der Waals surface area (Å²) in [5, 5.41) is 0. The smallest absolute Gasteiger partial charge is 0.00900 e. The van der Waals surface area contributed by atoms with Gasteiger partial charge in [0.25, 0.3) is 0 Å². The van der Waals surface area contributed by atoms with Crippen molar-refractivity contribution in [3.05, 3.63) is 45.6 Å². The lowest BCUT2D eigenvalue weighted by Crippen LogP contribution is -2.27. The largest absolute Gasteiger partial charge is 0.0770 e. The minimum Gasteiger partial charge on any atom is -0.0770 e. The molecule has 0 aliphatic heterocycles. The Morgan fingerprint density at radius 2 is 1.00 bits per heavy atom. The Balaban J connectivity index is 0.000000523. The monoisotopic (exact) mass is 436 g/mol. The first-order chi connectivity index (χ1) is 14.7. The van der Waals surface area contributed by atoms with Crippen LogP contribution >= 0.6 is 0 Å². The van der Waals surface area contributed by atoms with Crippen LogP contribution in [0.1, 0.15) is 102 Å². The van der Waals surface area contributed by atoms with E-state index in [1.807, 2.05) is 0 Å². The van der Waals surface area contributed by atoms with Crippen LogP contribution in [0.4, 0.5) is 0 Å². The Kier molecular flexibility index (Phi) is 7.44. The molecule has 4 rings (SSSR count). The average Bonchev–Trinajstić information content (AvgIpc) is 3.15. The van der Waals surface area contributed by atoms with Crippen LogP contribution in [0.3, 0.4) is 0 Å². The molecule has 0 nitrogen and oxygen atoms in total. The third-order valence-electron chi connectivity index (χ3n) is 9.53. The van der Waals surface area contributed by atoms with E-state index in [0.29, 0.717) is 17.3 Å². The summed E-state index contributed by atoms with van der Waals surface area (Å²) in [4.78, 5) is 0. The first-order valence-electron chi connectivity index (χ1n) is 13.4. The fourth-order valence-corrected chi connectivity index (χ4v) is 7.46. The molecule has 0 heteroatoms. The van der Waals surface area contributed by atoms with E-state index < -0.39 is 0 Å². The van der Waals surface area contributed by atoms with Gasteiger partial charge in [-0.2, -0.15) is 0 Å². The minimum atomic E-state index is 0.500. The molecule has 0 spiro atoms. The SMILES string of the molecule is CC(C)(C)C.CC1=CC2C3C=C(C)C(C)=C(C)C3C(CC3C(C)CCC3C)C2C(C)=C1C. The van der Waals surface area contributed by atoms with Crippen LogP contribution in [-0.2, 0) is 0 Å². The summed E-state index contributed by atoms with van der Waals surface area (Å²) < 4.78 is 0. The van der Waals surface area contributed by atoms with Gasteiger partial charge in [0.1, 0.15) is 0 Å². The second kappa shape index (κ2) is 9.31. The lowest BCUT2D eigenvalue weighted by Gasteiger charge is -2.35. The van der Waals surface area contributed by atoms with Crippen molar-refractivity contribution < 1.29 is 0 Å². The van der Waals surface area contributed by atoms with Crippen molar-refractivity contribution in [1.82, 2.24) is 0 Å². The Morgan fingerprint density at radius 3 is 1.34 bits per heavy atom. The van der Waals surface area contributed by atoms with Crippen molar-refractivity contribution >= 4 is 0 Å². The summed E-state index contributed by atoms with van der Waals surface area (Å²) in [7, 11) is 0. The Hall–Kier alpha value is -1.04. The minimum absolute atomic E-state index is 0.500. The molecule has 0 N–H and O–H groups in total. The topological polar surface area (TPSA) is 0 Å². The summed E-state index contributed by atoms with van der Waals surface area (Å²) in [5.41, 5.74) is 10.1. The molecule has 0 amide bonds. The highest BCUT2D eigenvalue weighted by molar-refractivity contribution is 5.46. The highest BCUT2D eigenvalue weighted by Gasteiger charge is 2.53. The van der Waals surface area contributed by atoms with E-state index in [-0.39, 0.29) is 0 Å². The van der Waals surface area contributed by atoms with E-state index in [0.717, 1.165) is 35.5 Å². The van der Waals surface area contributed by atoms with Gasteiger partial charge in [-0.15, -0.1) is 0 Å². The lowest BCUT2D eigenvalue weighted by atomic mass is 9.69. The third kappa shape index (κ3) is 4.90. The molecule has 0 aromatic carbocycles. The lowest BCUT2D eigenvalue weighted by molar-refractivity contribution is 0.215. The highest BCUT2D eigenvalue weighted by Crippen LogP contribution is 2.60. The molecule has 0 bridgehead atoms. The van der Waals surface area contributed by atoms with Crippen LogP contribution in [0.15, 0.2) is 45.6 Å². The zero-order valence-electron chi connectivity index (χ0n) is 23.4. The van der Waals surface area contributed by atoms with Crippen LogP contribution in [0.25, 0.3) is 0 Å². The van der Waals surface area contributed by atoms with Crippen molar-refractivity contribution in [1.29, 1.82) is 0 Å². The van der Waals surface area contributed by atoms with Crippen molar-refractivity contribution in [2.24, 2.45) is 52.8 Å². The summed E-state index contributed by atoms with van der Waals surface area (Å²) in [6.45, 7) is 28.1. The number of allylic oxidation sites excluding steroid dienone is 8. The third-order valence-corrected chi connectivity index (χ3v) is 9.53. The van der Waals surface area contributed by atoms with Crippen LogP contribution in [-0.4, -0.2) is 0 Å². The molecular formula is C32H52. The molecule has 6 unspecified atom stereocenters.